The first-order valence-electron chi connectivity index (χ1n) is 9.35. The van der Waals surface area contributed by atoms with E-state index < -0.39 is 17.7 Å². The Morgan fingerprint density at radius 2 is 2.00 bits per heavy atom. The van der Waals surface area contributed by atoms with Crippen molar-refractivity contribution < 1.29 is 18.4 Å². The Morgan fingerprint density at radius 1 is 1.16 bits per heavy atom. The van der Waals surface area contributed by atoms with E-state index >= 15 is 0 Å². The number of hydrogen-bond donors (Lipinski definition) is 0. The topological polar surface area (TPSA) is 41.9 Å². The Hall–Kier alpha value is -2.48. The molecule has 1 aliphatic rings. The van der Waals surface area contributed by atoms with Crippen LogP contribution in [0.1, 0.15) is 27.2 Å². The van der Waals surface area contributed by atoms with Crippen molar-refractivity contribution in [3.63, 3.8) is 0 Å². The molecule has 0 spiro atoms. The number of amides is 1. The van der Waals surface area contributed by atoms with Gasteiger partial charge >= 0.3 is 0 Å². The second-order valence-corrected chi connectivity index (χ2v) is 8.76. The van der Waals surface area contributed by atoms with Gasteiger partial charge in [0.25, 0.3) is 5.91 Å². The summed E-state index contributed by atoms with van der Waals surface area (Å²) in [6, 6.07) is 12.0. The molecule has 3 aromatic rings. The summed E-state index contributed by atoms with van der Waals surface area (Å²) in [5.74, 6) is -1.63. The van der Waals surface area contributed by atoms with Gasteiger partial charge in [-0.3, -0.25) is 4.79 Å². The molecule has 160 valence electrons. The predicted octanol–water partition coefficient (Wildman–Crippen LogP) is 6.17. The first kappa shape index (κ1) is 21.7. The van der Waals surface area contributed by atoms with Gasteiger partial charge < -0.3 is 9.74 Å². The predicted molar refractivity (Wildman–Crippen MR) is 118 cm³/mol. The average molecular weight is 481 g/mol. The van der Waals surface area contributed by atoms with Crippen LogP contribution in [0.25, 0.3) is 0 Å². The zero-order valence-corrected chi connectivity index (χ0v) is 18.4. The highest BCUT2D eigenvalue weighted by Crippen LogP contribution is 2.26. The van der Waals surface area contributed by atoms with Crippen LogP contribution in [-0.2, 0) is 11.4 Å². The zero-order valence-electron chi connectivity index (χ0n) is 16.0. The minimum Gasteiger partial charge on any atom is -0.390 e. The van der Waals surface area contributed by atoms with Crippen molar-refractivity contribution in [3.05, 3.63) is 91.6 Å². The summed E-state index contributed by atoms with van der Waals surface area (Å²) in [6.07, 6.45) is 0.0230. The van der Waals surface area contributed by atoms with E-state index in [4.69, 9.17) is 28.0 Å². The highest BCUT2D eigenvalue weighted by atomic mass is 35.5. The van der Waals surface area contributed by atoms with Gasteiger partial charge in [-0.2, -0.15) is 0 Å². The van der Waals surface area contributed by atoms with Crippen molar-refractivity contribution in [2.45, 2.75) is 19.1 Å². The van der Waals surface area contributed by atoms with Gasteiger partial charge in [0.2, 0.25) is 0 Å². The fraction of sp³-hybridized carbons (Fsp3) is 0.182. The maximum Gasteiger partial charge on any atom is 0.264 e. The second-order valence-electron chi connectivity index (χ2n) is 7.00. The maximum atomic E-state index is 14.2. The van der Waals surface area contributed by atoms with Crippen molar-refractivity contribution in [3.8, 4) is 0 Å². The molecular weight excluding hydrogens is 465 g/mol. The average Bonchev–Trinajstić information content (AvgIpc) is 3.43. The lowest BCUT2D eigenvalue weighted by Gasteiger charge is -2.24. The molecule has 1 atom stereocenters. The molecule has 4 rings (SSSR count). The van der Waals surface area contributed by atoms with Gasteiger partial charge in [-0.05, 0) is 29.6 Å². The smallest absolute Gasteiger partial charge is 0.264 e. The van der Waals surface area contributed by atoms with E-state index in [1.54, 1.807) is 35.7 Å². The van der Waals surface area contributed by atoms with Crippen LogP contribution in [0.5, 0.6) is 0 Å². The van der Waals surface area contributed by atoms with E-state index in [-0.39, 0.29) is 24.6 Å². The molecule has 0 bridgehead atoms. The van der Waals surface area contributed by atoms with Gasteiger partial charge in [0.05, 0.1) is 27.2 Å². The lowest BCUT2D eigenvalue weighted by Crippen LogP contribution is -2.37. The molecule has 0 saturated heterocycles. The molecular formula is C22H16Cl2F2N2O2S. The Kier molecular flexibility index (Phi) is 6.55. The molecule has 0 unspecified atom stereocenters. The van der Waals surface area contributed by atoms with Crippen LogP contribution in [-0.4, -0.2) is 29.2 Å². The number of thiophene rings is 1. The van der Waals surface area contributed by atoms with E-state index in [1.165, 1.54) is 28.4 Å². The van der Waals surface area contributed by atoms with E-state index in [0.29, 0.717) is 27.1 Å². The monoisotopic (exact) mass is 480 g/mol. The van der Waals surface area contributed by atoms with E-state index in [1.807, 2.05) is 0 Å². The number of rotatable bonds is 6. The van der Waals surface area contributed by atoms with Gasteiger partial charge in [-0.15, -0.1) is 11.3 Å². The number of hydrogen-bond acceptors (Lipinski definition) is 4. The molecule has 9 heteroatoms. The first-order chi connectivity index (χ1) is 14.9. The molecule has 2 heterocycles. The summed E-state index contributed by atoms with van der Waals surface area (Å²) in [6.45, 7) is 0.159. The Morgan fingerprint density at radius 3 is 2.71 bits per heavy atom. The molecule has 1 amide bonds. The number of halogens is 4. The molecule has 0 aliphatic carbocycles. The third-order valence-corrected chi connectivity index (χ3v) is 6.40. The number of carbonyl (C=O) groups excluding carboxylic acids is 1. The Labute approximate surface area is 191 Å². The van der Waals surface area contributed by atoms with E-state index in [0.717, 1.165) is 11.6 Å². The quantitative estimate of drug-likeness (QED) is 0.423. The van der Waals surface area contributed by atoms with Crippen LogP contribution >= 0.6 is 34.5 Å². The number of nitrogens with zero attached hydrogens (tertiary/aromatic N) is 2. The fourth-order valence-electron chi connectivity index (χ4n) is 3.25. The SMILES string of the molecule is O=C(c1cccs1)N(Cc1ccc(F)cc1F)C[C@H]1CC(c2ccc(Cl)c(Cl)c2)=NO1. The molecule has 0 N–H and O–H groups in total. The molecule has 1 aromatic heterocycles. The third kappa shape index (κ3) is 5.06. The Balaban J connectivity index is 1.51. The van der Waals surface area contributed by atoms with Gasteiger partial charge in [0.15, 0.2) is 6.10 Å². The summed E-state index contributed by atoms with van der Waals surface area (Å²) >= 11 is 13.3. The highest BCUT2D eigenvalue weighted by molar-refractivity contribution is 7.12. The highest BCUT2D eigenvalue weighted by Gasteiger charge is 2.28. The lowest BCUT2D eigenvalue weighted by atomic mass is 10.0. The molecule has 31 heavy (non-hydrogen) atoms. The standard InChI is InChI=1S/C22H16Cl2F2N2O2S/c23-17-6-4-13(8-18(17)24)20-10-16(30-27-20)12-28(22(29)21-2-1-7-31-21)11-14-3-5-15(25)9-19(14)26/h1-9,16H,10-12H2/t16-/m1/s1. The van der Waals surface area contributed by atoms with Gasteiger partial charge in [-0.25, -0.2) is 8.78 Å². The molecule has 0 saturated carbocycles. The summed E-state index contributed by atoms with van der Waals surface area (Å²) in [7, 11) is 0. The number of oxime groups is 1. The number of carbonyl (C=O) groups is 1. The van der Waals surface area contributed by atoms with Gasteiger partial charge in [-0.1, -0.05) is 46.6 Å². The lowest BCUT2D eigenvalue weighted by molar-refractivity contribution is 0.0406. The summed E-state index contributed by atoms with van der Waals surface area (Å²) in [5, 5.41) is 6.77. The van der Waals surface area contributed by atoms with Crippen molar-refractivity contribution in [2.75, 3.05) is 6.54 Å². The first-order valence-corrected chi connectivity index (χ1v) is 11.0. The normalized spacial score (nSPS) is 15.5. The van der Waals surface area contributed by atoms with Gasteiger partial charge in [0.1, 0.15) is 11.6 Å². The van der Waals surface area contributed by atoms with Crippen molar-refractivity contribution >= 4 is 46.2 Å². The van der Waals surface area contributed by atoms with Crippen LogP contribution < -0.4 is 0 Å². The largest absolute Gasteiger partial charge is 0.390 e. The van der Waals surface area contributed by atoms with Crippen molar-refractivity contribution in [2.24, 2.45) is 5.16 Å². The minimum absolute atomic E-state index is 0.0230. The fourth-order valence-corrected chi connectivity index (χ4v) is 4.24. The molecule has 0 fully saturated rings. The zero-order chi connectivity index (χ0) is 22.0. The Bertz CT molecular complexity index is 1140. The van der Waals surface area contributed by atoms with Crippen LogP contribution in [0.4, 0.5) is 8.78 Å². The van der Waals surface area contributed by atoms with Crippen LogP contribution in [0, 0.1) is 11.6 Å². The molecule has 4 nitrogen and oxygen atoms in total. The maximum absolute atomic E-state index is 14.2. The molecule has 2 aromatic carbocycles. The van der Waals surface area contributed by atoms with Gasteiger partial charge in [0, 0.05) is 30.2 Å². The molecule has 0 radical (unpaired) electrons. The van der Waals surface area contributed by atoms with E-state index in [9.17, 15) is 13.6 Å². The van der Waals surface area contributed by atoms with Crippen molar-refractivity contribution in [1.29, 1.82) is 0 Å². The van der Waals surface area contributed by atoms with Crippen molar-refractivity contribution in [1.82, 2.24) is 4.90 Å². The second kappa shape index (κ2) is 9.34. The summed E-state index contributed by atoms with van der Waals surface area (Å²) in [4.78, 5) is 20.6. The molecule has 1 aliphatic heterocycles. The number of benzene rings is 2. The summed E-state index contributed by atoms with van der Waals surface area (Å²) in [5.41, 5.74) is 1.67. The van der Waals surface area contributed by atoms with E-state index in [2.05, 4.69) is 5.16 Å². The minimum atomic E-state index is -0.705. The van der Waals surface area contributed by atoms with Crippen LogP contribution in [0.2, 0.25) is 10.0 Å². The third-order valence-electron chi connectivity index (χ3n) is 4.81. The summed E-state index contributed by atoms with van der Waals surface area (Å²) < 4.78 is 27.5. The van der Waals surface area contributed by atoms with Crippen LogP contribution in [0.3, 0.4) is 0 Å². The van der Waals surface area contributed by atoms with Crippen LogP contribution in [0.15, 0.2) is 59.1 Å².